The van der Waals surface area contributed by atoms with Gasteiger partial charge < -0.3 is 34.5 Å². The number of hydrogen-bond donors (Lipinski definition) is 2. The van der Waals surface area contributed by atoms with Gasteiger partial charge in [-0.25, -0.2) is 9.78 Å². The normalized spacial score (nSPS) is 15.9. The van der Waals surface area contributed by atoms with Gasteiger partial charge in [-0.3, -0.25) is 14.6 Å². The number of fused-ring (bicyclic) bond motifs is 1. The molecule has 0 bridgehead atoms. The third-order valence-electron chi connectivity index (χ3n) is 10.3. The van der Waals surface area contributed by atoms with Crippen molar-refractivity contribution in [2.45, 2.75) is 65.2 Å². The van der Waals surface area contributed by atoms with Gasteiger partial charge in [0.1, 0.15) is 24.3 Å². The first-order chi connectivity index (χ1) is 27.5. The number of rotatable bonds is 10. The summed E-state index contributed by atoms with van der Waals surface area (Å²) in [5.74, 6) is 1.52. The summed E-state index contributed by atoms with van der Waals surface area (Å²) in [5, 5.41) is 12.9. The van der Waals surface area contributed by atoms with Gasteiger partial charge in [-0.15, -0.1) is 0 Å². The topological polar surface area (TPSA) is 143 Å². The number of pyridine rings is 1. The van der Waals surface area contributed by atoms with E-state index in [-0.39, 0.29) is 12.2 Å². The van der Waals surface area contributed by atoms with Gasteiger partial charge in [0, 0.05) is 98.3 Å². The molecule has 1 amide bonds. The number of anilines is 5. The molecule has 5 aromatic rings. The number of nitrogens with one attached hydrogen (secondary N) is 2. The van der Waals surface area contributed by atoms with Gasteiger partial charge in [0.15, 0.2) is 0 Å². The minimum atomic E-state index is -2.74. The average molecular weight is 874 g/mol. The predicted octanol–water partition coefficient (Wildman–Crippen LogP) is 8.23. The van der Waals surface area contributed by atoms with Gasteiger partial charge in [-0.05, 0) is 88.9 Å². The molecule has 2 fully saturated rings. The lowest BCUT2D eigenvalue weighted by Gasteiger charge is -2.43. The number of piperazine rings is 1. The maximum atomic E-state index is 13.6. The van der Waals surface area contributed by atoms with Gasteiger partial charge in [0.25, 0.3) is 0 Å². The molecular weight excluding hydrogens is 819 g/mol. The molecule has 0 unspecified atom stereocenters. The summed E-state index contributed by atoms with van der Waals surface area (Å²) in [6.07, 6.45) is 8.98. The van der Waals surface area contributed by atoms with E-state index in [1.807, 2.05) is 87.9 Å². The van der Waals surface area contributed by atoms with E-state index in [9.17, 15) is 9.36 Å². The van der Waals surface area contributed by atoms with Gasteiger partial charge in [-0.2, -0.15) is 10.1 Å². The molecule has 5 heterocycles. The minimum Gasteiger partial charge on any atom is -0.489 e. The number of para-hydroxylation sites is 1. The molecule has 2 saturated heterocycles. The van der Waals surface area contributed by atoms with Crippen LogP contribution in [-0.2, 0) is 16.3 Å². The fourth-order valence-corrected chi connectivity index (χ4v) is 9.45. The van der Waals surface area contributed by atoms with E-state index in [1.54, 1.807) is 25.7 Å². The second kappa shape index (κ2) is 16.9. The fourth-order valence-electron chi connectivity index (χ4n) is 7.70. The van der Waals surface area contributed by atoms with Gasteiger partial charge >= 0.3 is 6.09 Å². The molecule has 308 valence electrons. The molecule has 0 radical (unpaired) electrons. The molecule has 0 atom stereocenters. The maximum Gasteiger partial charge on any atom is 0.410 e. The van der Waals surface area contributed by atoms with E-state index in [0.29, 0.717) is 57.8 Å². The predicted molar refractivity (Wildman–Crippen MR) is 236 cm³/mol. The van der Waals surface area contributed by atoms with E-state index in [0.717, 1.165) is 66.7 Å². The Labute approximate surface area is 349 Å². The standard InChI is InChI=1S/C42H54BrN10O4P/c1-27(2)56-37-22-36(52-15-13-29(14-16-52)51-17-19-53(20-18-51)41(54)57-42(3,4)5)31(28-23-46-50(6)26-28)21-34(37)48-40-45-24-32(43)39(49-40)47-35-25-44-33-12-10-9-11-30(33)38(35)58(7,8)55/h9-12,21-27,29H,13-20H2,1-8H3,(H2,45,47,48,49). The van der Waals surface area contributed by atoms with E-state index in [1.165, 1.54) is 0 Å². The molecule has 2 aliphatic heterocycles. The number of carbonyl (C=O) groups excluding carboxylic acids is 1. The van der Waals surface area contributed by atoms with Crippen LogP contribution in [0.25, 0.3) is 22.0 Å². The van der Waals surface area contributed by atoms with E-state index < -0.39 is 12.7 Å². The number of amides is 1. The summed E-state index contributed by atoms with van der Waals surface area (Å²) in [7, 11) is -0.816. The molecule has 2 N–H and O–H groups in total. The Kier molecular flexibility index (Phi) is 12.1. The second-order valence-electron chi connectivity index (χ2n) is 16.7. The zero-order chi connectivity index (χ0) is 41.4. The molecule has 0 spiro atoms. The van der Waals surface area contributed by atoms with Crippen LogP contribution in [0.2, 0.25) is 0 Å². The second-order valence-corrected chi connectivity index (χ2v) is 20.7. The van der Waals surface area contributed by atoms with Crippen LogP contribution in [0.1, 0.15) is 47.5 Å². The van der Waals surface area contributed by atoms with E-state index in [2.05, 4.69) is 63.6 Å². The Morgan fingerprint density at radius 2 is 1.67 bits per heavy atom. The van der Waals surface area contributed by atoms with Crippen LogP contribution >= 0.6 is 23.1 Å². The Bertz CT molecular complexity index is 2330. The number of ether oxygens (including phenoxy) is 2. The van der Waals surface area contributed by atoms with E-state index >= 15 is 0 Å². The summed E-state index contributed by atoms with van der Waals surface area (Å²) in [5.41, 5.74) is 4.68. The maximum absolute atomic E-state index is 13.6. The van der Waals surface area contributed by atoms with Crippen LogP contribution in [0, 0.1) is 0 Å². The summed E-state index contributed by atoms with van der Waals surface area (Å²) >= 11 is 3.62. The number of hydrogen-bond acceptors (Lipinski definition) is 12. The number of halogens is 1. The van der Waals surface area contributed by atoms with Crippen LogP contribution in [0.4, 0.5) is 33.6 Å². The number of piperidine rings is 1. The fraction of sp³-hybridized carbons (Fsp3) is 0.452. The number of aryl methyl sites for hydroxylation is 1. The zero-order valence-corrected chi connectivity index (χ0v) is 37.1. The lowest BCUT2D eigenvalue weighted by atomic mass is 9.98. The molecule has 2 aliphatic rings. The van der Waals surface area contributed by atoms with Crippen molar-refractivity contribution in [1.82, 2.24) is 34.5 Å². The number of aromatic nitrogens is 5. The van der Waals surface area contributed by atoms with Crippen molar-refractivity contribution in [2.24, 2.45) is 7.05 Å². The molecule has 14 nitrogen and oxygen atoms in total. The highest BCUT2D eigenvalue weighted by atomic mass is 79.9. The minimum absolute atomic E-state index is 0.0941. The monoisotopic (exact) mass is 872 g/mol. The molecule has 0 aliphatic carbocycles. The number of nitrogens with zero attached hydrogens (tertiary/aromatic N) is 8. The smallest absolute Gasteiger partial charge is 0.410 e. The first-order valence-corrected chi connectivity index (χ1v) is 23.2. The zero-order valence-electron chi connectivity index (χ0n) is 34.6. The van der Waals surface area contributed by atoms with Crippen molar-refractivity contribution in [3.05, 3.63) is 65.7 Å². The summed E-state index contributed by atoms with van der Waals surface area (Å²) in [6, 6.07) is 12.4. The van der Waals surface area contributed by atoms with Crippen LogP contribution in [0.5, 0.6) is 5.75 Å². The largest absolute Gasteiger partial charge is 0.489 e. The average Bonchev–Trinajstić information content (AvgIpc) is 3.61. The quantitative estimate of drug-likeness (QED) is 0.131. The summed E-state index contributed by atoms with van der Waals surface area (Å²) < 4.78 is 28.2. The molecule has 58 heavy (non-hydrogen) atoms. The lowest BCUT2D eigenvalue weighted by molar-refractivity contribution is 0.00901. The Hall–Kier alpha value is -4.72. The van der Waals surface area contributed by atoms with Gasteiger partial charge in [0.2, 0.25) is 5.95 Å². The van der Waals surface area contributed by atoms with E-state index in [4.69, 9.17) is 14.5 Å². The highest BCUT2D eigenvalue weighted by molar-refractivity contribution is 9.10. The van der Waals surface area contributed by atoms with Crippen molar-refractivity contribution < 1.29 is 18.8 Å². The molecule has 7 rings (SSSR count). The molecule has 0 saturated carbocycles. The molecule has 3 aromatic heterocycles. The Balaban J connectivity index is 1.14. The van der Waals surface area contributed by atoms with Gasteiger partial charge in [-0.1, -0.05) is 18.2 Å². The van der Waals surface area contributed by atoms with Crippen LogP contribution in [0.15, 0.2) is 65.7 Å². The van der Waals surface area contributed by atoms with Crippen molar-refractivity contribution in [1.29, 1.82) is 0 Å². The van der Waals surface area contributed by atoms with Crippen LogP contribution in [0.3, 0.4) is 0 Å². The SMILES string of the molecule is CC(C)Oc1cc(N2CCC(N3CCN(C(=O)OC(C)(C)C)CC3)CC2)c(-c2cnn(C)c2)cc1Nc1ncc(Br)c(Nc2cnc3ccccc3c2P(C)(C)=O)n1. The van der Waals surface area contributed by atoms with Crippen molar-refractivity contribution >= 4 is 74.2 Å². The Morgan fingerprint density at radius 1 is 0.948 bits per heavy atom. The summed E-state index contributed by atoms with van der Waals surface area (Å²) in [4.78, 5) is 33.6. The third kappa shape index (κ3) is 9.59. The van der Waals surface area contributed by atoms with Crippen molar-refractivity contribution in [2.75, 3.05) is 68.1 Å². The van der Waals surface area contributed by atoms with Crippen LogP contribution < -0.4 is 25.6 Å². The first kappa shape index (κ1) is 41.4. The number of benzene rings is 2. The molecule has 16 heteroatoms. The van der Waals surface area contributed by atoms with Gasteiger partial charge in [0.05, 0.1) is 39.9 Å². The number of carbonyl (C=O) groups is 1. The first-order valence-electron chi connectivity index (χ1n) is 19.8. The lowest BCUT2D eigenvalue weighted by Crippen LogP contribution is -2.55. The van der Waals surface area contributed by atoms with Crippen molar-refractivity contribution in [3.63, 3.8) is 0 Å². The summed E-state index contributed by atoms with van der Waals surface area (Å²) in [6.45, 7) is 18.0. The molecular formula is C42H54BrN10O4P. The Morgan fingerprint density at radius 3 is 2.33 bits per heavy atom. The third-order valence-corrected chi connectivity index (χ3v) is 12.4. The van der Waals surface area contributed by atoms with Crippen LogP contribution in [-0.4, -0.2) is 111 Å². The molecule has 2 aromatic carbocycles. The van der Waals surface area contributed by atoms with Crippen molar-refractivity contribution in [3.8, 4) is 16.9 Å². The highest BCUT2D eigenvalue weighted by Gasteiger charge is 2.32. The highest BCUT2D eigenvalue weighted by Crippen LogP contribution is 2.43.